The number of rotatable bonds is 1. The zero-order valence-electron chi connectivity index (χ0n) is 7.29. The Hall–Kier alpha value is -0.260. The molecule has 0 amide bonds. The lowest BCUT2D eigenvalue weighted by Crippen LogP contribution is -2.18. The van der Waals surface area contributed by atoms with E-state index in [1.165, 1.54) is 11.8 Å². The molecule has 1 aliphatic rings. The monoisotopic (exact) mass is 291 g/mol. The number of hydrogen-bond donors (Lipinski definition) is 1. The van der Waals surface area contributed by atoms with Crippen molar-refractivity contribution in [1.82, 2.24) is 9.97 Å². The second-order valence-electron chi connectivity index (χ2n) is 2.70. The molecule has 6 heteroatoms. The molecule has 74 valence electrons. The van der Waals surface area contributed by atoms with E-state index in [4.69, 9.17) is 11.6 Å². The van der Waals surface area contributed by atoms with E-state index in [1.807, 2.05) is 12.3 Å². The SMILES string of the molecule is CSc1ncc2c(n1)NC(Cl)C(Br)=C2. The van der Waals surface area contributed by atoms with Gasteiger partial charge in [0.15, 0.2) is 5.16 Å². The highest BCUT2D eigenvalue weighted by atomic mass is 79.9. The average molecular weight is 293 g/mol. The quantitative estimate of drug-likeness (QED) is 0.374. The molecule has 0 saturated heterocycles. The topological polar surface area (TPSA) is 37.8 Å². The van der Waals surface area contributed by atoms with Crippen molar-refractivity contribution in [3.63, 3.8) is 0 Å². The summed E-state index contributed by atoms with van der Waals surface area (Å²) in [5.74, 6) is 0.785. The summed E-state index contributed by atoms with van der Waals surface area (Å²) < 4.78 is 0.896. The van der Waals surface area contributed by atoms with Gasteiger partial charge in [-0.2, -0.15) is 0 Å². The van der Waals surface area contributed by atoms with E-state index in [-0.39, 0.29) is 5.50 Å². The zero-order valence-corrected chi connectivity index (χ0v) is 10.4. The van der Waals surface area contributed by atoms with Gasteiger partial charge in [-0.05, 0) is 12.3 Å². The van der Waals surface area contributed by atoms with Crippen molar-refractivity contribution in [3.05, 3.63) is 16.2 Å². The molecule has 1 atom stereocenters. The van der Waals surface area contributed by atoms with Crippen LogP contribution in [0.1, 0.15) is 5.56 Å². The van der Waals surface area contributed by atoms with Gasteiger partial charge in [0, 0.05) is 16.2 Å². The molecule has 1 aromatic rings. The van der Waals surface area contributed by atoms with Crippen LogP contribution in [0.5, 0.6) is 0 Å². The molecule has 14 heavy (non-hydrogen) atoms. The predicted molar refractivity (Wildman–Crippen MR) is 64.0 cm³/mol. The highest BCUT2D eigenvalue weighted by Gasteiger charge is 2.18. The maximum atomic E-state index is 6.00. The zero-order chi connectivity index (χ0) is 10.1. The van der Waals surface area contributed by atoms with Crippen molar-refractivity contribution < 1.29 is 0 Å². The van der Waals surface area contributed by atoms with E-state index in [2.05, 4.69) is 31.2 Å². The smallest absolute Gasteiger partial charge is 0.189 e. The van der Waals surface area contributed by atoms with E-state index in [1.54, 1.807) is 6.20 Å². The number of aromatic nitrogens is 2. The first-order chi connectivity index (χ1) is 6.70. The van der Waals surface area contributed by atoms with Crippen LogP contribution in [0.2, 0.25) is 0 Å². The molecule has 0 spiro atoms. The molecule has 1 N–H and O–H groups in total. The van der Waals surface area contributed by atoms with E-state index in [9.17, 15) is 0 Å². The molecular weight excluding hydrogens is 286 g/mol. The molecule has 1 aromatic heterocycles. The van der Waals surface area contributed by atoms with Crippen molar-refractivity contribution in [3.8, 4) is 0 Å². The first-order valence-electron chi connectivity index (χ1n) is 3.89. The van der Waals surface area contributed by atoms with Crippen LogP contribution < -0.4 is 5.32 Å². The van der Waals surface area contributed by atoms with E-state index in [0.29, 0.717) is 0 Å². The molecule has 1 unspecified atom stereocenters. The van der Waals surface area contributed by atoms with Gasteiger partial charge in [-0.3, -0.25) is 0 Å². The van der Waals surface area contributed by atoms with Gasteiger partial charge in [-0.15, -0.1) is 0 Å². The second kappa shape index (κ2) is 4.08. The summed E-state index contributed by atoms with van der Waals surface area (Å²) in [6.07, 6.45) is 5.65. The van der Waals surface area contributed by atoms with Crippen molar-refractivity contribution >= 4 is 51.2 Å². The molecule has 0 fully saturated rings. The second-order valence-corrected chi connectivity index (χ2v) is 4.82. The van der Waals surface area contributed by atoms with Crippen LogP contribution in [0.3, 0.4) is 0 Å². The maximum absolute atomic E-state index is 6.00. The van der Waals surface area contributed by atoms with Crippen LogP contribution in [0, 0.1) is 0 Å². The Balaban J connectivity index is 2.44. The summed E-state index contributed by atoms with van der Waals surface area (Å²) in [4.78, 5) is 8.48. The molecule has 0 bridgehead atoms. The third-order valence-electron chi connectivity index (χ3n) is 1.78. The highest BCUT2D eigenvalue weighted by Crippen LogP contribution is 2.30. The number of fused-ring (bicyclic) bond motifs is 1. The molecule has 0 radical (unpaired) electrons. The number of thioether (sulfide) groups is 1. The molecule has 2 rings (SSSR count). The van der Waals surface area contributed by atoms with Gasteiger partial charge in [-0.25, -0.2) is 9.97 Å². The lowest BCUT2D eigenvalue weighted by atomic mass is 10.2. The van der Waals surface area contributed by atoms with Crippen LogP contribution in [-0.4, -0.2) is 21.7 Å². The molecule has 0 aromatic carbocycles. The van der Waals surface area contributed by atoms with Gasteiger partial charge in [0.25, 0.3) is 0 Å². The summed E-state index contributed by atoms with van der Waals surface area (Å²) in [5.41, 5.74) is 0.707. The molecule has 0 saturated carbocycles. The first-order valence-corrected chi connectivity index (χ1v) is 6.35. The van der Waals surface area contributed by atoms with Gasteiger partial charge in [-0.1, -0.05) is 39.3 Å². The molecule has 2 heterocycles. The minimum Gasteiger partial charge on any atom is -0.349 e. The fourth-order valence-corrected chi connectivity index (χ4v) is 1.97. The fourth-order valence-electron chi connectivity index (χ4n) is 1.11. The number of anilines is 1. The van der Waals surface area contributed by atoms with Crippen LogP contribution in [0.4, 0.5) is 5.82 Å². The number of hydrogen-bond acceptors (Lipinski definition) is 4. The van der Waals surface area contributed by atoms with Crippen molar-refractivity contribution in [2.24, 2.45) is 0 Å². The third kappa shape index (κ3) is 1.89. The predicted octanol–water partition coefficient (Wildman–Crippen LogP) is 2.92. The van der Waals surface area contributed by atoms with Crippen LogP contribution in [0.25, 0.3) is 6.08 Å². The van der Waals surface area contributed by atoms with Gasteiger partial charge >= 0.3 is 0 Å². The lowest BCUT2D eigenvalue weighted by Gasteiger charge is -2.19. The third-order valence-corrected chi connectivity index (χ3v) is 3.63. The van der Waals surface area contributed by atoms with Crippen molar-refractivity contribution in [1.29, 1.82) is 0 Å². The van der Waals surface area contributed by atoms with Crippen LogP contribution in [0.15, 0.2) is 15.8 Å². The lowest BCUT2D eigenvalue weighted by molar-refractivity contribution is 0.951. The summed E-state index contributed by atoms with van der Waals surface area (Å²) >= 11 is 10.9. The highest BCUT2D eigenvalue weighted by molar-refractivity contribution is 9.12. The number of nitrogens with one attached hydrogen (secondary N) is 1. The summed E-state index contributed by atoms with van der Waals surface area (Å²) in [5, 5.41) is 3.81. The molecule has 0 aliphatic carbocycles. The molecule has 3 nitrogen and oxygen atoms in total. The van der Waals surface area contributed by atoms with E-state index >= 15 is 0 Å². The van der Waals surface area contributed by atoms with Gasteiger partial charge in [0.05, 0.1) is 0 Å². The Kier molecular flexibility index (Phi) is 2.99. The Morgan fingerprint density at radius 1 is 1.64 bits per heavy atom. The Morgan fingerprint density at radius 2 is 2.43 bits per heavy atom. The van der Waals surface area contributed by atoms with E-state index in [0.717, 1.165) is 21.0 Å². The minimum absolute atomic E-state index is 0.243. The van der Waals surface area contributed by atoms with Crippen LogP contribution in [-0.2, 0) is 0 Å². The fraction of sp³-hybridized carbons (Fsp3) is 0.250. The largest absolute Gasteiger partial charge is 0.349 e. The van der Waals surface area contributed by atoms with Crippen molar-refractivity contribution in [2.45, 2.75) is 10.7 Å². The molecule has 1 aliphatic heterocycles. The standard InChI is InChI=1S/C8H7BrClN3S/c1-14-8-11-3-4-2-5(9)6(10)12-7(4)13-8/h2-3,6H,1H3,(H,11,12,13). The Morgan fingerprint density at radius 3 is 3.14 bits per heavy atom. The average Bonchev–Trinajstić information content (AvgIpc) is 2.19. The number of halogens is 2. The van der Waals surface area contributed by atoms with Crippen molar-refractivity contribution in [2.75, 3.05) is 11.6 Å². The minimum atomic E-state index is -0.243. The van der Waals surface area contributed by atoms with Gasteiger partial charge < -0.3 is 5.32 Å². The Labute approximate surface area is 99.5 Å². The van der Waals surface area contributed by atoms with Gasteiger partial charge in [0.2, 0.25) is 0 Å². The first kappa shape index (κ1) is 10.3. The number of nitrogens with zero attached hydrogens (tertiary/aromatic N) is 2. The summed E-state index contributed by atoms with van der Waals surface area (Å²) in [6, 6.07) is 0. The Bertz CT molecular complexity index is 396. The molecular formula is C8H7BrClN3S. The maximum Gasteiger partial charge on any atom is 0.189 e. The van der Waals surface area contributed by atoms with E-state index < -0.39 is 0 Å². The van der Waals surface area contributed by atoms with Crippen LogP contribution >= 0.6 is 39.3 Å². The normalized spacial score (nSPS) is 19.6. The summed E-state index contributed by atoms with van der Waals surface area (Å²) in [6.45, 7) is 0. The van der Waals surface area contributed by atoms with Gasteiger partial charge in [0.1, 0.15) is 11.3 Å². The number of alkyl halides is 1. The summed E-state index contributed by atoms with van der Waals surface area (Å²) in [7, 11) is 0.